The Morgan fingerprint density at radius 2 is 1.77 bits per heavy atom. The molecule has 0 aliphatic rings. The summed E-state index contributed by atoms with van der Waals surface area (Å²) in [4.78, 5) is 10.4. The fourth-order valence-corrected chi connectivity index (χ4v) is 0.943. The number of benzene rings is 1. The standard InChI is InChI=1S/C9H10O3.Na.H/c10-6-5-7-1-3-8(4-2-7)9(11)12;;/h1-4,10H,5-6H2,(H,11,12);;. The van der Waals surface area contributed by atoms with E-state index in [1.165, 1.54) is 12.1 Å². The van der Waals surface area contributed by atoms with Crippen LogP contribution in [0.1, 0.15) is 15.9 Å². The van der Waals surface area contributed by atoms with Crippen LogP contribution in [0.4, 0.5) is 0 Å². The van der Waals surface area contributed by atoms with Crippen molar-refractivity contribution in [2.75, 3.05) is 6.61 Å². The van der Waals surface area contributed by atoms with Crippen LogP contribution in [0.3, 0.4) is 0 Å². The van der Waals surface area contributed by atoms with Crippen molar-refractivity contribution in [2.45, 2.75) is 6.42 Å². The first-order valence-electron chi connectivity index (χ1n) is 3.67. The molecule has 0 aliphatic heterocycles. The number of carboxylic acid groups (broad SMARTS) is 1. The molecular weight excluding hydrogens is 179 g/mol. The van der Waals surface area contributed by atoms with Crippen LogP contribution in [0.25, 0.3) is 0 Å². The van der Waals surface area contributed by atoms with E-state index in [4.69, 9.17) is 10.2 Å². The van der Waals surface area contributed by atoms with E-state index in [-0.39, 0.29) is 41.7 Å². The quantitative estimate of drug-likeness (QED) is 0.673. The molecule has 0 fully saturated rings. The van der Waals surface area contributed by atoms with Gasteiger partial charge in [-0.3, -0.25) is 0 Å². The first-order valence-corrected chi connectivity index (χ1v) is 3.67. The van der Waals surface area contributed by atoms with E-state index in [0.29, 0.717) is 6.42 Å². The van der Waals surface area contributed by atoms with Gasteiger partial charge >= 0.3 is 35.5 Å². The first kappa shape index (κ1) is 12.7. The Hall–Kier alpha value is -0.350. The molecule has 0 heterocycles. The van der Waals surface area contributed by atoms with E-state index in [0.717, 1.165) is 5.56 Å². The molecule has 1 aromatic rings. The van der Waals surface area contributed by atoms with Crippen LogP contribution in [0.15, 0.2) is 24.3 Å². The summed E-state index contributed by atoms with van der Waals surface area (Å²) in [5.41, 5.74) is 1.22. The molecule has 0 aromatic heterocycles. The monoisotopic (exact) mass is 190 g/mol. The van der Waals surface area contributed by atoms with Crippen molar-refractivity contribution in [1.29, 1.82) is 0 Å². The molecular formula is C9H11NaO3. The van der Waals surface area contributed by atoms with Crippen molar-refractivity contribution >= 4 is 35.5 Å². The average Bonchev–Trinajstić information content (AvgIpc) is 2.06. The van der Waals surface area contributed by atoms with Crippen LogP contribution in [0, 0.1) is 0 Å². The normalized spacial score (nSPS) is 9.00. The van der Waals surface area contributed by atoms with Crippen LogP contribution < -0.4 is 0 Å². The summed E-state index contributed by atoms with van der Waals surface area (Å²) in [6.07, 6.45) is 0.569. The number of aliphatic hydroxyl groups is 1. The second-order valence-corrected chi connectivity index (χ2v) is 2.48. The third-order valence-electron chi connectivity index (χ3n) is 1.60. The molecule has 0 bridgehead atoms. The van der Waals surface area contributed by atoms with Gasteiger partial charge in [0.1, 0.15) is 0 Å². The first-order chi connectivity index (χ1) is 5.74. The van der Waals surface area contributed by atoms with E-state index < -0.39 is 5.97 Å². The minimum atomic E-state index is -0.925. The van der Waals surface area contributed by atoms with E-state index in [1.807, 2.05) is 0 Å². The van der Waals surface area contributed by atoms with Gasteiger partial charge in [-0.25, -0.2) is 4.79 Å². The summed E-state index contributed by atoms with van der Waals surface area (Å²) in [6, 6.07) is 6.49. The van der Waals surface area contributed by atoms with E-state index in [1.54, 1.807) is 12.1 Å². The molecule has 3 nitrogen and oxygen atoms in total. The van der Waals surface area contributed by atoms with Crippen LogP contribution in [-0.4, -0.2) is 52.3 Å². The molecule has 13 heavy (non-hydrogen) atoms. The third kappa shape index (κ3) is 3.91. The van der Waals surface area contributed by atoms with Crippen molar-refractivity contribution < 1.29 is 15.0 Å². The number of carbonyl (C=O) groups is 1. The van der Waals surface area contributed by atoms with Gasteiger partial charge in [0.2, 0.25) is 0 Å². The molecule has 0 spiro atoms. The van der Waals surface area contributed by atoms with Crippen molar-refractivity contribution in [3.8, 4) is 0 Å². The molecule has 66 valence electrons. The van der Waals surface area contributed by atoms with Gasteiger partial charge in [0.25, 0.3) is 0 Å². The Morgan fingerprint density at radius 3 is 2.15 bits per heavy atom. The molecule has 2 N–H and O–H groups in total. The molecule has 0 radical (unpaired) electrons. The van der Waals surface area contributed by atoms with Gasteiger partial charge in [-0.2, -0.15) is 0 Å². The zero-order valence-corrected chi connectivity index (χ0v) is 6.53. The maximum absolute atomic E-state index is 10.4. The molecule has 0 amide bonds. The minimum absolute atomic E-state index is 0. The maximum atomic E-state index is 10.4. The summed E-state index contributed by atoms with van der Waals surface area (Å²) in [5.74, 6) is -0.925. The van der Waals surface area contributed by atoms with Crippen molar-refractivity contribution in [3.63, 3.8) is 0 Å². The molecule has 1 rings (SSSR count). The van der Waals surface area contributed by atoms with Crippen LogP contribution in [0.2, 0.25) is 0 Å². The van der Waals surface area contributed by atoms with Crippen LogP contribution in [-0.2, 0) is 6.42 Å². The van der Waals surface area contributed by atoms with Crippen LogP contribution >= 0.6 is 0 Å². The number of rotatable bonds is 3. The Balaban J connectivity index is 0.00000144. The Labute approximate surface area is 98.7 Å². The average molecular weight is 190 g/mol. The number of hydrogen-bond donors (Lipinski definition) is 2. The molecule has 0 atom stereocenters. The zero-order chi connectivity index (χ0) is 8.97. The van der Waals surface area contributed by atoms with Gasteiger partial charge < -0.3 is 10.2 Å². The van der Waals surface area contributed by atoms with Crippen molar-refractivity contribution in [2.24, 2.45) is 0 Å². The summed E-state index contributed by atoms with van der Waals surface area (Å²) < 4.78 is 0. The van der Waals surface area contributed by atoms with Crippen molar-refractivity contribution in [1.82, 2.24) is 0 Å². The molecule has 0 unspecified atom stereocenters. The van der Waals surface area contributed by atoms with Gasteiger partial charge in [-0.1, -0.05) is 12.1 Å². The summed E-state index contributed by atoms with van der Waals surface area (Å²) in [7, 11) is 0. The van der Waals surface area contributed by atoms with Gasteiger partial charge in [-0.05, 0) is 24.1 Å². The third-order valence-corrected chi connectivity index (χ3v) is 1.60. The predicted molar refractivity (Wildman–Crippen MR) is 51.3 cm³/mol. The molecule has 0 saturated carbocycles. The number of carboxylic acids is 1. The molecule has 0 aliphatic carbocycles. The predicted octanol–water partition coefficient (Wildman–Crippen LogP) is 0.271. The van der Waals surface area contributed by atoms with Gasteiger partial charge in [0.05, 0.1) is 5.56 Å². The summed E-state index contributed by atoms with van der Waals surface area (Å²) in [5, 5.41) is 17.1. The van der Waals surface area contributed by atoms with Crippen molar-refractivity contribution in [3.05, 3.63) is 35.4 Å². The molecule has 1 aromatic carbocycles. The Bertz CT molecular complexity index is 269. The van der Waals surface area contributed by atoms with Gasteiger partial charge in [-0.15, -0.1) is 0 Å². The Morgan fingerprint density at radius 1 is 1.23 bits per heavy atom. The van der Waals surface area contributed by atoms with Crippen LogP contribution in [0.5, 0.6) is 0 Å². The fraction of sp³-hybridized carbons (Fsp3) is 0.222. The van der Waals surface area contributed by atoms with E-state index in [9.17, 15) is 4.79 Å². The zero-order valence-electron chi connectivity index (χ0n) is 6.53. The summed E-state index contributed by atoms with van der Waals surface area (Å²) >= 11 is 0. The van der Waals surface area contributed by atoms with Gasteiger partial charge in [0, 0.05) is 6.61 Å². The number of aliphatic hydroxyl groups excluding tert-OH is 1. The summed E-state index contributed by atoms with van der Waals surface area (Å²) in [6.45, 7) is 0.0897. The molecule has 4 heteroatoms. The topological polar surface area (TPSA) is 57.5 Å². The van der Waals surface area contributed by atoms with E-state index >= 15 is 0 Å². The SMILES string of the molecule is O=C(O)c1ccc(CCO)cc1.[NaH]. The fourth-order valence-electron chi connectivity index (χ4n) is 0.943. The van der Waals surface area contributed by atoms with Gasteiger partial charge in [0.15, 0.2) is 0 Å². The number of aromatic carboxylic acids is 1. The number of hydrogen-bond acceptors (Lipinski definition) is 2. The second-order valence-electron chi connectivity index (χ2n) is 2.48. The Kier molecular flexibility index (Phi) is 5.99. The second kappa shape index (κ2) is 6.16. The molecule has 0 saturated heterocycles. The van der Waals surface area contributed by atoms with E-state index in [2.05, 4.69) is 0 Å².